The Labute approximate surface area is 133 Å². The molecule has 2 aromatic carbocycles. The third-order valence-electron chi connectivity index (χ3n) is 3.02. The zero-order valence-electron chi connectivity index (χ0n) is 12.2. The molecule has 0 saturated carbocycles. The predicted octanol–water partition coefficient (Wildman–Crippen LogP) is 3.95. The van der Waals surface area contributed by atoms with Crippen LogP contribution in [0.5, 0.6) is 5.75 Å². The lowest BCUT2D eigenvalue weighted by molar-refractivity contribution is -0.384. The highest BCUT2D eigenvalue weighted by Gasteiger charge is 2.33. The minimum Gasteiger partial charge on any atom is -0.465 e. The maximum absolute atomic E-state index is 12.5. The van der Waals surface area contributed by atoms with E-state index in [2.05, 4.69) is 9.47 Å². The summed E-state index contributed by atoms with van der Waals surface area (Å²) in [5.74, 6) is -1.39. The molecule has 0 aromatic heterocycles. The van der Waals surface area contributed by atoms with Gasteiger partial charge in [0, 0.05) is 11.6 Å². The molecule has 0 aliphatic carbocycles. The van der Waals surface area contributed by atoms with E-state index >= 15 is 0 Å². The molecule has 0 radical (unpaired) electrons. The van der Waals surface area contributed by atoms with Gasteiger partial charge < -0.3 is 9.47 Å². The summed E-state index contributed by atoms with van der Waals surface area (Å²) in [6.07, 6.45) is -4.97. The normalized spacial score (nSPS) is 11.0. The maximum Gasteiger partial charge on any atom is 0.573 e. The number of halogens is 3. The first-order valence-corrected chi connectivity index (χ1v) is 6.45. The summed E-state index contributed by atoms with van der Waals surface area (Å²) in [5.41, 5.74) is -0.879. The number of ether oxygens (including phenoxy) is 2. The van der Waals surface area contributed by atoms with Crippen LogP contribution in [-0.4, -0.2) is 24.4 Å². The molecule has 6 nitrogen and oxygen atoms in total. The molecule has 126 valence electrons. The second kappa shape index (κ2) is 6.57. The van der Waals surface area contributed by atoms with Crippen molar-refractivity contribution in [3.63, 3.8) is 0 Å². The van der Waals surface area contributed by atoms with E-state index in [0.29, 0.717) is 0 Å². The van der Waals surface area contributed by atoms with Crippen LogP contribution in [0.4, 0.5) is 18.9 Å². The van der Waals surface area contributed by atoms with Gasteiger partial charge in [0.15, 0.2) is 0 Å². The average molecular weight is 341 g/mol. The van der Waals surface area contributed by atoms with Crippen LogP contribution < -0.4 is 4.74 Å². The van der Waals surface area contributed by atoms with E-state index in [1.165, 1.54) is 18.2 Å². The Kier molecular flexibility index (Phi) is 4.72. The number of hydrogen-bond donors (Lipinski definition) is 0. The van der Waals surface area contributed by atoms with Crippen molar-refractivity contribution >= 4 is 11.7 Å². The highest BCUT2D eigenvalue weighted by molar-refractivity contribution is 5.93. The molecule has 0 saturated heterocycles. The number of rotatable bonds is 4. The van der Waals surface area contributed by atoms with Gasteiger partial charge >= 0.3 is 12.3 Å². The summed E-state index contributed by atoms with van der Waals surface area (Å²) in [6, 6.07) is 8.20. The van der Waals surface area contributed by atoms with E-state index in [9.17, 15) is 28.1 Å². The van der Waals surface area contributed by atoms with E-state index < -0.39 is 28.7 Å². The highest BCUT2D eigenvalue weighted by Crippen LogP contribution is 2.38. The Hall–Kier alpha value is -3.10. The molecule has 0 aliphatic rings. The molecule has 0 atom stereocenters. The number of nitrogens with zero attached hydrogens (tertiary/aromatic N) is 1. The summed E-state index contributed by atoms with van der Waals surface area (Å²) in [5, 5.41) is 11.2. The van der Waals surface area contributed by atoms with Crippen LogP contribution in [0.25, 0.3) is 11.1 Å². The lowest BCUT2D eigenvalue weighted by atomic mass is 10.00. The van der Waals surface area contributed by atoms with Gasteiger partial charge in [-0.1, -0.05) is 18.2 Å². The van der Waals surface area contributed by atoms with Gasteiger partial charge in [0.2, 0.25) is 0 Å². The van der Waals surface area contributed by atoms with Crippen molar-refractivity contribution in [1.29, 1.82) is 0 Å². The number of carbonyl (C=O) groups is 1. The second-order valence-corrected chi connectivity index (χ2v) is 4.52. The first-order chi connectivity index (χ1) is 11.2. The molecule has 0 aliphatic heterocycles. The Bertz CT molecular complexity index is 789. The van der Waals surface area contributed by atoms with Gasteiger partial charge in [-0.3, -0.25) is 10.1 Å². The monoisotopic (exact) mass is 341 g/mol. The third-order valence-corrected chi connectivity index (χ3v) is 3.02. The summed E-state index contributed by atoms with van der Waals surface area (Å²) < 4.78 is 46.0. The van der Waals surface area contributed by atoms with Crippen LogP contribution in [0.3, 0.4) is 0 Å². The standard InChI is InChI=1S/C15H10F3NO5/c1-23-14(20)9-6-7-12(19(21)22)11(8-9)10-4-2-3-5-13(10)24-15(16,17)18/h2-8H,1H3. The number of esters is 1. The van der Waals surface area contributed by atoms with Crippen LogP contribution in [0, 0.1) is 10.1 Å². The fourth-order valence-corrected chi connectivity index (χ4v) is 2.06. The van der Waals surface area contributed by atoms with Gasteiger partial charge in [-0.2, -0.15) is 0 Å². The van der Waals surface area contributed by atoms with Crippen LogP contribution in [0.1, 0.15) is 10.4 Å². The van der Waals surface area contributed by atoms with Gasteiger partial charge in [-0.25, -0.2) is 4.79 Å². The van der Waals surface area contributed by atoms with E-state index in [4.69, 9.17) is 0 Å². The predicted molar refractivity (Wildman–Crippen MR) is 76.6 cm³/mol. The Balaban J connectivity index is 2.66. The molecule has 9 heteroatoms. The largest absolute Gasteiger partial charge is 0.573 e. The van der Waals surface area contributed by atoms with Crippen molar-refractivity contribution in [2.45, 2.75) is 6.36 Å². The lowest BCUT2D eigenvalue weighted by Crippen LogP contribution is -2.17. The van der Waals surface area contributed by atoms with Gasteiger partial charge in [-0.05, 0) is 18.2 Å². The molecule has 2 aromatic rings. The molecule has 0 bridgehead atoms. The van der Waals surface area contributed by atoms with Crippen molar-refractivity contribution < 1.29 is 32.4 Å². The second-order valence-electron chi connectivity index (χ2n) is 4.52. The van der Waals surface area contributed by atoms with E-state index in [1.807, 2.05) is 0 Å². The molecular weight excluding hydrogens is 331 g/mol. The summed E-state index contributed by atoms with van der Waals surface area (Å²) in [7, 11) is 1.12. The lowest BCUT2D eigenvalue weighted by Gasteiger charge is -2.13. The highest BCUT2D eigenvalue weighted by atomic mass is 19.4. The van der Waals surface area contributed by atoms with Gasteiger partial charge in [0.05, 0.1) is 23.2 Å². The Morgan fingerprint density at radius 3 is 2.38 bits per heavy atom. The number of carbonyl (C=O) groups excluding carboxylic acids is 1. The van der Waals surface area contributed by atoms with Crippen molar-refractivity contribution in [2.75, 3.05) is 7.11 Å². The van der Waals surface area contributed by atoms with Gasteiger partial charge in [0.25, 0.3) is 5.69 Å². The molecule has 2 rings (SSSR count). The number of nitro benzene ring substituents is 1. The topological polar surface area (TPSA) is 78.7 Å². The van der Waals surface area contributed by atoms with E-state index in [-0.39, 0.29) is 16.7 Å². The first-order valence-electron chi connectivity index (χ1n) is 6.45. The van der Waals surface area contributed by atoms with Crippen LogP contribution in [-0.2, 0) is 4.74 Å². The fraction of sp³-hybridized carbons (Fsp3) is 0.133. The Morgan fingerprint density at radius 2 is 1.79 bits per heavy atom. The third kappa shape index (κ3) is 3.80. The van der Waals surface area contributed by atoms with E-state index in [0.717, 1.165) is 31.4 Å². The van der Waals surface area contributed by atoms with Crippen molar-refractivity contribution in [2.24, 2.45) is 0 Å². The van der Waals surface area contributed by atoms with Crippen molar-refractivity contribution in [1.82, 2.24) is 0 Å². The van der Waals surface area contributed by atoms with Crippen LogP contribution in [0.2, 0.25) is 0 Å². The quantitative estimate of drug-likeness (QED) is 0.478. The fourth-order valence-electron chi connectivity index (χ4n) is 2.06. The average Bonchev–Trinajstić information content (AvgIpc) is 2.52. The summed E-state index contributed by atoms with van der Waals surface area (Å²) in [6.45, 7) is 0. The zero-order valence-corrected chi connectivity index (χ0v) is 12.2. The van der Waals surface area contributed by atoms with Crippen molar-refractivity contribution in [3.05, 3.63) is 58.1 Å². The molecule has 0 heterocycles. The summed E-state index contributed by atoms with van der Waals surface area (Å²) in [4.78, 5) is 22.0. The van der Waals surface area contributed by atoms with Gasteiger partial charge in [-0.15, -0.1) is 13.2 Å². The van der Waals surface area contributed by atoms with Crippen LogP contribution >= 0.6 is 0 Å². The molecule has 24 heavy (non-hydrogen) atoms. The number of para-hydroxylation sites is 1. The van der Waals surface area contributed by atoms with E-state index in [1.54, 1.807) is 0 Å². The van der Waals surface area contributed by atoms with Gasteiger partial charge in [0.1, 0.15) is 5.75 Å². The molecule has 0 fully saturated rings. The smallest absolute Gasteiger partial charge is 0.465 e. The Morgan fingerprint density at radius 1 is 1.12 bits per heavy atom. The molecule has 0 spiro atoms. The first kappa shape index (κ1) is 17.3. The zero-order chi connectivity index (χ0) is 17.9. The summed E-state index contributed by atoms with van der Waals surface area (Å²) >= 11 is 0. The molecule has 0 N–H and O–H groups in total. The molecule has 0 amide bonds. The number of benzene rings is 2. The number of nitro groups is 1. The van der Waals surface area contributed by atoms with Crippen molar-refractivity contribution in [3.8, 4) is 16.9 Å². The number of alkyl halides is 3. The molecular formula is C15H10F3NO5. The minimum absolute atomic E-state index is 0.0417. The van der Waals surface area contributed by atoms with Crippen LogP contribution in [0.15, 0.2) is 42.5 Å². The molecule has 0 unspecified atom stereocenters. The minimum atomic E-state index is -4.97. The number of methoxy groups -OCH3 is 1. The SMILES string of the molecule is COC(=O)c1ccc([N+](=O)[O-])c(-c2ccccc2OC(F)(F)F)c1. The number of hydrogen-bond acceptors (Lipinski definition) is 5. The maximum atomic E-state index is 12.5.